The third kappa shape index (κ3) is 5.44. The molecule has 154 valence electrons. The Balaban J connectivity index is 1.72. The first-order chi connectivity index (χ1) is 14.7. The van der Waals surface area contributed by atoms with Gasteiger partial charge in [0.15, 0.2) is 0 Å². The molecule has 0 saturated heterocycles. The second kappa shape index (κ2) is 10.4. The second-order valence-corrected chi connectivity index (χ2v) is 13.4. The Morgan fingerprint density at radius 3 is 1.80 bits per heavy atom. The Bertz CT molecular complexity index is 949. The molecule has 0 radical (unpaired) electrons. The van der Waals surface area contributed by atoms with Crippen molar-refractivity contribution in [3.8, 4) is 0 Å². The van der Waals surface area contributed by atoms with E-state index in [0.717, 1.165) is 10.6 Å². The molecule has 1 saturated carbocycles. The Hall–Kier alpha value is -1.85. The van der Waals surface area contributed by atoms with Crippen molar-refractivity contribution in [1.29, 1.82) is 0 Å². The van der Waals surface area contributed by atoms with Crippen LogP contribution in [0.5, 0.6) is 0 Å². The number of hydrogen-bond acceptors (Lipinski definition) is 1. The fourth-order valence-corrected chi connectivity index (χ4v) is 10.1. The van der Waals surface area contributed by atoms with Crippen LogP contribution in [0.3, 0.4) is 0 Å². The summed E-state index contributed by atoms with van der Waals surface area (Å²) < 4.78 is 17.4. The van der Waals surface area contributed by atoms with E-state index in [2.05, 4.69) is 36.4 Å². The van der Waals surface area contributed by atoms with Gasteiger partial charge in [0.1, 0.15) is 0 Å². The van der Waals surface area contributed by atoms with Crippen molar-refractivity contribution in [2.75, 3.05) is 6.16 Å². The minimum atomic E-state index is -2.74. The molecule has 3 aromatic carbocycles. The summed E-state index contributed by atoms with van der Waals surface area (Å²) >= 11 is 0.192. The van der Waals surface area contributed by atoms with Crippen LogP contribution in [0.4, 0.5) is 0 Å². The summed E-state index contributed by atoms with van der Waals surface area (Å²) in [5, 5.41) is 1.93. The summed E-state index contributed by atoms with van der Waals surface area (Å²) in [6, 6.07) is 31.0. The molecule has 1 aliphatic rings. The zero-order chi connectivity index (χ0) is 20.7. The van der Waals surface area contributed by atoms with Gasteiger partial charge >= 0.3 is 187 Å². The zero-order valence-corrected chi connectivity index (χ0v) is 19.9. The van der Waals surface area contributed by atoms with Gasteiger partial charge in [-0.3, -0.25) is 0 Å². The summed E-state index contributed by atoms with van der Waals surface area (Å²) in [6.07, 6.45) is 9.70. The third-order valence-electron chi connectivity index (χ3n) is 5.79. The predicted octanol–water partition coefficient (Wildman–Crippen LogP) is 5.49. The van der Waals surface area contributed by atoms with E-state index in [1.807, 2.05) is 60.7 Å². The van der Waals surface area contributed by atoms with E-state index < -0.39 is 7.14 Å². The normalized spacial score (nSPS) is 15.8. The Morgan fingerprint density at radius 2 is 1.27 bits per heavy atom. The van der Waals surface area contributed by atoms with Crippen LogP contribution in [0.1, 0.15) is 32.1 Å². The van der Waals surface area contributed by atoms with E-state index in [4.69, 9.17) is 0 Å². The van der Waals surface area contributed by atoms with Crippen molar-refractivity contribution in [3.05, 3.63) is 102 Å². The van der Waals surface area contributed by atoms with Gasteiger partial charge in [0.05, 0.1) is 0 Å². The average molecular weight is 479 g/mol. The summed E-state index contributed by atoms with van der Waals surface area (Å²) in [6.45, 7) is 0. The van der Waals surface area contributed by atoms with Crippen LogP contribution >= 0.6 is 7.14 Å². The first-order valence-electron chi connectivity index (χ1n) is 10.9. The molecular formula is C27H29OPSe. The molecule has 1 aliphatic carbocycles. The van der Waals surface area contributed by atoms with Gasteiger partial charge in [0.2, 0.25) is 0 Å². The van der Waals surface area contributed by atoms with Gasteiger partial charge in [-0.1, -0.05) is 0 Å². The zero-order valence-electron chi connectivity index (χ0n) is 17.3. The first-order valence-corrected chi connectivity index (χ1v) is 14.5. The van der Waals surface area contributed by atoms with Crippen LogP contribution in [0.15, 0.2) is 102 Å². The third-order valence-corrected chi connectivity index (χ3v) is 11.5. The molecular weight excluding hydrogens is 450 g/mol. The summed E-state index contributed by atoms with van der Waals surface area (Å²) in [4.78, 5) is 0. The van der Waals surface area contributed by atoms with Crippen LogP contribution in [-0.2, 0) is 4.57 Å². The molecule has 0 bridgehead atoms. The molecule has 0 amide bonds. The number of allylic oxidation sites excluding steroid dienone is 2. The van der Waals surface area contributed by atoms with Gasteiger partial charge in [-0.15, -0.1) is 0 Å². The van der Waals surface area contributed by atoms with Gasteiger partial charge in [-0.05, 0) is 0 Å². The van der Waals surface area contributed by atoms with Crippen LogP contribution in [-0.4, -0.2) is 21.1 Å². The molecule has 30 heavy (non-hydrogen) atoms. The molecule has 0 N–H and O–H groups in total. The van der Waals surface area contributed by atoms with E-state index in [-0.39, 0.29) is 15.0 Å². The Kier molecular flexibility index (Phi) is 7.45. The molecule has 0 heterocycles. The molecule has 4 rings (SSSR count). The number of hydrogen-bond donors (Lipinski definition) is 0. The van der Waals surface area contributed by atoms with Crippen molar-refractivity contribution in [2.45, 2.75) is 32.1 Å². The maximum atomic E-state index is 14.6. The van der Waals surface area contributed by atoms with Crippen LogP contribution in [0.2, 0.25) is 0 Å². The van der Waals surface area contributed by atoms with Gasteiger partial charge in [0, 0.05) is 0 Å². The van der Waals surface area contributed by atoms with E-state index in [1.165, 1.54) is 41.0 Å². The van der Waals surface area contributed by atoms with Crippen LogP contribution in [0, 0.1) is 5.92 Å². The van der Waals surface area contributed by atoms with Crippen molar-refractivity contribution < 1.29 is 4.57 Å². The van der Waals surface area contributed by atoms with Crippen molar-refractivity contribution in [3.63, 3.8) is 0 Å². The molecule has 0 spiro atoms. The van der Waals surface area contributed by atoms with Gasteiger partial charge in [-0.2, -0.15) is 0 Å². The minimum absolute atomic E-state index is 0.192. The average Bonchev–Trinajstić information content (AvgIpc) is 2.81. The van der Waals surface area contributed by atoms with E-state index >= 15 is 0 Å². The second-order valence-electron chi connectivity index (χ2n) is 8.02. The summed E-state index contributed by atoms with van der Waals surface area (Å²) in [7, 11) is -2.74. The fraction of sp³-hybridized carbons (Fsp3) is 0.259. The fourth-order valence-electron chi connectivity index (χ4n) is 4.21. The first kappa shape index (κ1) is 21.4. The van der Waals surface area contributed by atoms with Crippen molar-refractivity contribution in [2.24, 2.45) is 5.92 Å². The summed E-state index contributed by atoms with van der Waals surface area (Å²) in [5.41, 5.74) is 0. The Labute approximate surface area is 187 Å². The molecule has 0 aliphatic heterocycles. The van der Waals surface area contributed by atoms with Crippen molar-refractivity contribution in [1.82, 2.24) is 0 Å². The van der Waals surface area contributed by atoms with Crippen LogP contribution < -0.4 is 15.1 Å². The number of benzene rings is 3. The van der Waals surface area contributed by atoms with Gasteiger partial charge < -0.3 is 0 Å². The van der Waals surface area contributed by atoms with Gasteiger partial charge in [-0.25, -0.2) is 0 Å². The Morgan fingerprint density at radius 1 is 0.767 bits per heavy atom. The molecule has 3 heteroatoms. The molecule has 0 aromatic heterocycles. The quantitative estimate of drug-likeness (QED) is 0.323. The topological polar surface area (TPSA) is 17.1 Å². The van der Waals surface area contributed by atoms with E-state index in [9.17, 15) is 4.57 Å². The van der Waals surface area contributed by atoms with Gasteiger partial charge in [0.25, 0.3) is 0 Å². The van der Waals surface area contributed by atoms with Crippen LogP contribution in [0.25, 0.3) is 0 Å². The molecule has 1 fully saturated rings. The molecule has 0 unspecified atom stereocenters. The van der Waals surface area contributed by atoms with Crippen molar-refractivity contribution >= 4 is 37.2 Å². The maximum absolute atomic E-state index is 14.6. The SMILES string of the molecule is O=P(C/C(=C/C1CCCCC1)[Se]c1ccccc1)(c1ccccc1)c1ccccc1. The predicted molar refractivity (Wildman–Crippen MR) is 131 cm³/mol. The van der Waals surface area contributed by atoms with E-state index in [0.29, 0.717) is 12.1 Å². The molecule has 0 atom stereocenters. The molecule has 1 nitrogen and oxygen atoms in total. The van der Waals surface area contributed by atoms with E-state index in [1.54, 1.807) is 0 Å². The monoisotopic (exact) mass is 480 g/mol. The molecule has 3 aromatic rings. The number of rotatable bonds is 7. The summed E-state index contributed by atoms with van der Waals surface area (Å²) in [5.74, 6) is 0.638. The standard InChI is InChI=1S/C27H29OPSe/c28-29(24-15-7-2-8-16-24,25-17-9-3-10-18-25)22-27(21-23-13-5-1-6-14-23)30-26-19-11-4-12-20-26/h2-4,7-12,15-21,23H,1,5-6,13-14,22H2/b27-21-.